The van der Waals surface area contributed by atoms with Gasteiger partial charge in [0.25, 0.3) is 0 Å². The minimum atomic E-state index is 0.203. The molecular formula is C11H21N3O. The van der Waals surface area contributed by atoms with Crippen LogP contribution >= 0.6 is 0 Å². The van der Waals surface area contributed by atoms with Crippen molar-refractivity contribution >= 4 is 0 Å². The van der Waals surface area contributed by atoms with E-state index in [0.717, 1.165) is 12.2 Å². The molecule has 0 aliphatic carbocycles. The number of aromatic amines is 1. The summed E-state index contributed by atoms with van der Waals surface area (Å²) >= 11 is 0. The van der Waals surface area contributed by atoms with Gasteiger partial charge < -0.3 is 15.0 Å². The molecule has 0 radical (unpaired) electrons. The monoisotopic (exact) mass is 211 g/mol. The number of nitrogens with one attached hydrogen (secondary N) is 2. The molecule has 2 N–H and O–H groups in total. The molecule has 0 aliphatic heterocycles. The number of imidazole rings is 1. The van der Waals surface area contributed by atoms with Gasteiger partial charge in [-0.05, 0) is 20.3 Å². The second kappa shape index (κ2) is 5.88. The van der Waals surface area contributed by atoms with Gasteiger partial charge >= 0.3 is 0 Å². The molecular weight excluding hydrogens is 190 g/mol. The number of hydrogen-bond acceptors (Lipinski definition) is 3. The van der Waals surface area contributed by atoms with E-state index in [4.69, 9.17) is 4.74 Å². The number of rotatable bonds is 6. The molecule has 4 nitrogen and oxygen atoms in total. The van der Waals surface area contributed by atoms with E-state index in [0.29, 0.717) is 6.04 Å². The van der Waals surface area contributed by atoms with Crippen molar-refractivity contribution in [2.45, 2.75) is 45.4 Å². The minimum absolute atomic E-state index is 0.203. The Morgan fingerprint density at radius 1 is 1.53 bits per heavy atom. The Bertz CT molecular complexity index is 261. The largest absolute Gasteiger partial charge is 0.380 e. The molecule has 1 heterocycles. The fourth-order valence-corrected chi connectivity index (χ4v) is 1.52. The predicted octanol–water partition coefficient (Wildman–Crippen LogP) is 1.87. The van der Waals surface area contributed by atoms with Crippen LogP contribution in [0.15, 0.2) is 12.4 Å². The molecule has 3 unspecified atom stereocenters. The van der Waals surface area contributed by atoms with E-state index in [1.54, 1.807) is 13.3 Å². The average molecular weight is 211 g/mol. The van der Waals surface area contributed by atoms with Crippen molar-refractivity contribution < 1.29 is 4.74 Å². The molecule has 0 aromatic carbocycles. The van der Waals surface area contributed by atoms with E-state index in [1.165, 1.54) is 0 Å². The molecule has 0 aliphatic rings. The van der Waals surface area contributed by atoms with Gasteiger partial charge in [-0.2, -0.15) is 0 Å². The second-order valence-electron chi connectivity index (χ2n) is 3.83. The Kier molecular flexibility index (Phi) is 4.78. The van der Waals surface area contributed by atoms with Crippen LogP contribution in [0.3, 0.4) is 0 Å². The Balaban J connectivity index is 2.54. The molecule has 4 heteroatoms. The lowest BCUT2D eigenvalue weighted by Crippen LogP contribution is -2.39. The van der Waals surface area contributed by atoms with Crippen LogP contribution in [0.25, 0.3) is 0 Å². The number of nitrogens with zero attached hydrogens (tertiary/aromatic N) is 1. The summed E-state index contributed by atoms with van der Waals surface area (Å²) in [7, 11) is 1.73. The SMILES string of the molecule is CCC(NC(C)C(C)OC)c1ncc[nH]1. The molecule has 0 fully saturated rings. The van der Waals surface area contributed by atoms with E-state index in [1.807, 2.05) is 6.20 Å². The summed E-state index contributed by atoms with van der Waals surface area (Å²) in [6.07, 6.45) is 4.84. The first kappa shape index (κ1) is 12.2. The Labute approximate surface area is 91.4 Å². The third-order valence-corrected chi connectivity index (χ3v) is 2.80. The quantitative estimate of drug-likeness (QED) is 0.755. The third-order valence-electron chi connectivity index (χ3n) is 2.80. The molecule has 0 saturated carbocycles. The van der Waals surface area contributed by atoms with E-state index >= 15 is 0 Å². The standard InChI is InChI=1S/C11H21N3O/c1-5-10(11-12-6-7-13-11)14-8(2)9(3)15-4/h6-10,14H,5H2,1-4H3,(H,12,13). The molecule has 0 bridgehead atoms. The Morgan fingerprint density at radius 3 is 2.73 bits per heavy atom. The van der Waals surface area contributed by atoms with Crippen LogP contribution in [0.4, 0.5) is 0 Å². The van der Waals surface area contributed by atoms with Gasteiger partial charge in [0.05, 0.1) is 12.1 Å². The van der Waals surface area contributed by atoms with Crippen LogP contribution in [-0.2, 0) is 4.74 Å². The van der Waals surface area contributed by atoms with Gasteiger partial charge in [-0.3, -0.25) is 0 Å². The first-order chi connectivity index (χ1) is 7.19. The predicted molar refractivity (Wildman–Crippen MR) is 60.7 cm³/mol. The van der Waals surface area contributed by atoms with Crippen molar-refractivity contribution in [2.24, 2.45) is 0 Å². The molecule has 1 rings (SSSR count). The van der Waals surface area contributed by atoms with Gasteiger partial charge in [-0.15, -0.1) is 0 Å². The van der Waals surface area contributed by atoms with Crippen molar-refractivity contribution in [3.63, 3.8) is 0 Å². The smallest absolute Gasteiger partial charge is 0.123 e. The first-order valence-corrected chi connectivity index (χ1v) is 5.47. The first-order valence-electron chi connectivity index (χ1n) is 5.47. The van der Waals surface area contributed by atoms with E-state index in [-0.39, 0.29) is 12.1 Å². The fraction of sp³-hybridized carbons (Fsp3) is 0.727. The molecule has 86 valence electrons. The van der Waals surface area contributed by atoms with E-state index in [2.05, 4.69) is 36.1 Å². The lowest BCUT2D eigenvalue weighted by Gasteiger charge is -2.24. The highest BCUT2D eigenvalue weighted by Gasteiger charge is 2.18. The van der Waals surface area contributed by atoms with Crippen LogP contribution in [0.5, 0.6) is 0 Å². The van der Waals surface area contributed by atoms with Crippen molar-refractivity contribution in [3.8, 4) is 0 Å². The van der Waals surface area contributed by atoms with Crippen LogP contribution in [0, 0.1) is 0 Å². The normalized spacial score (nSPS) is 17.3. The van der Waals surface area contributed by atoms with Crippen LogP contribution in [0.1, 0.15) is 39.1 Å². The zero-order valence-electron chi connectivity index (χ0n) is 9.95. The van der Waals surface area contributed by atoms with Gasteiger partial charge in [-0.1, -0.05) is 6.92 Å². The Hall–Kier alpha value is -0.870. The highest BCUT2D eigenvalue weighted by atomic mass is 16.5. The summed E-state index contributed by atoms with van der Waals surface area (Å²) in [4.78, 5) is 7.40. The second-order valence-corrected chi connectivity index (χ2v) is 3.83. The third kappa shape index (κ3) is 3.32. The molecule has 3 atom stereocenters. The zero-order chi connectivity index (χ0) is 11.3. The van der Waals surface area contributed by atoms with Crippen molar-refractivity contribution in [3.05, 3.63) is 18.2 Å². The van der Waals surface area contributed by atoms with Crippen molar-refractivity contribution in [1.82, 2.24) is 15.3 Å². The van der Waals surface area contributed by atoms with E-state index < -0.39 is 0 Å². The topological polar surface area (TPSA) is 49.9 Å². The summed E-state index contributed by atoms with van der Waals surface area (Å²) < 4.78 is 5.28. The Morgan fingerprint density at radius 2 is 2.27 bits per heavy atom. The molecule has 1 aromatic heterocycles. The lowest BCUT2D eigenvalue weighted by atomic mass is 10.1. The van der Waals surface area contributed by atoms with Gasteiger partial charge in [0.1, 0.15) is 5.82 Å². The van der Waals surface area contributed by atoms with Crippen LogP contribution in [-0.4, -0.2) is 29.2 Å². The molecule has 0 amide bonds. The summed E-state index contributed by atoms with van der Waals surface area (Å²) in [5.41, 5.74) is 0. The van der Waals surface area contributed by atoms with Crippen LogP contribution in [0.2, 0.25) is 0 Å². The van der Waals surface area contributed by atoms with E-state index in [9.17, 15) is 0 Å². The highest BCUT2D eigenvalue weighted by molar-refractivity contribution is 4.96. The fourth-order valence-electron chi connectivity index (χ4n) is 1.52. The molecule has 0 spiro atoms. The minimum Gasteiger partial charge on any atom is -0.380 e. The maximum absolute atomic E-state index is 5.28. The number of H-pyrrole nitrogens is 1. The summed E-state index contributed by atoms with van der Waals surface area (Å²) in [5, 5.41) is 3.50. The van der Waals surface area contributed by atoms with Crippen molar-refractivity contribution in [1.29, 1.82) is 0 Å². The number of methoxy groups -OCH3 is 1. The maximum atomic E-state index is 5.28. The molecule has 0 saturated heterocycles. The van der Waals surface area contributed by atoms with Gasteiger partial charge in [0.2, 0.25) is 0 Å². The molecule has 1 aromatic rings. The van der Waals surface area contributed by atoms with Crippen LogP contribution < -0.4 is 5.32 Å². The zero-order valence-corrected chi connectivity index (χ0v) is 9.95. The van der Waals surface area contributed by atoms with Gasteiger partial charge in [0.15, 0.2) is 0 Å². The molecule has 15 heavy (non-hydrogen) atoms. The van der Waals surface area contributed by atoms with Crippen molar-refractivity contribution in [2.75, 3.05) is 7.11 Å². The van der Waals surface area contributed by atoms with Gasteiger partial charge in [0, 0.05) is 25.5 Å². The number of hydrogen-bond donors (Lipinski definition) is 2. The summed E-state index contributed by atoms with van der Waals surface area (Å²) in [5.74, 6) is 0.993. The maximum Gasteiger partial charge on any atom is 0.123 e. The lowest BCUT2D eigenvalue weighted by molar-refractivity contribution is 0.0837. The highest BCUT2D eigenvalue weighted by Crippen LogP contribution is 2.13. The summed E-state index contributed by atoms with van der Waals surface area (Å²) in [6, 6.07) is 0.581. The number of ether oxygens (including phenoxy) is 1. The average Bonchev–Trinajstić information content (AvgIpc) is 2.77. The summed E-state index contributed by atoms with van der Waals surface area (Å²) in [6.45, 7) is 6.33. The number of aromatic nitrogens is 2. The van der Waals surface area contributed by atoms with Gasteiger partial charge in [-0.25, -0.2) is 4.98 Å².